The molecule has 2 unspecified atom stereocenters. The third-order valence-corrected chi connectivity index (χ3v) is 12.6. The highest BCUT2D eigenvalue weighted by molar-refractivity contribution is 7.92. The zero-order valence-electron chi connectivity index (χ0n) is 22.5. The summed E-state index contributed by atoms with van der Waals surface area (Å²) in [5, 5.41) is -0.691. The molecule has 0 aromatic heterocycles. The molecule has 2 heterocycles. The molecule has 0 aromatic carbocycles. The molecule has 36 heavy (non-hydrogen) atoms. The number of hydrogen-bond acceptors (Lipinski definition) is 6. The van der Waals surface area contributed by atoms with Crippen LogP contribution in [0.3, 0.4) is 0 Å². The molecule has 0 bridgehead atoms. The Hall–Kier alpha value is -1.54. The van der Waals surface area contributed by atoms with E-state index < -0.39 is 15.1 Å². The minimum Gasteiger partial charge on any atom is -0.501 e. The number of morpholine rings is 1. The number of nitrogens with zero attached hydrogens (tertiary/aromatic N) is 1. The highest BCUT2D eigenvalue weighted by atomic mass is 32.2. The van der Waals surface area contributed by atoms with Crippen molar-refractivity contribution in [2.45, 2.75) is 65.0 Å². The van der Waals surface area contributed by atoms with Gasteiger partial charge in [-0.15, -0.1) is 0 Å². The second kappa shape index (κ2) is 9.04. The average Bonchev–Trinajstić information content (AvgIpc) is 2.83. The van der Waals surface area contributed by atoms with Gasteiger partial charge < -0.3 is 19.1 Å². The summed E-state index contributed by atoms with van der Waals surface area (Å²) < 4.78 is 44.9. The summed E-state index contributed by atoms with van der Waals surface area (Å²) in [4.78, 5) is 14.3. The number of sulfone groups is 1. The molecule has 3 aliphatic carbocycles. The number of ether oxygens (including phenoxy) is 3. The van der Waals surface area contributed by atoms with E-state index in [9.17, 15) is 13.2 Å². The van der Waals surface area contributed by atoms with Crippen molar-refractivity contribution in [3.05, 3.63) is 23.7 Å². The van der Waals surface area contributed by atoms with Gasteiger partial charge in [0.2, 0.25) is 0 Å². The number of rotatable bonds is 4. The van der Waals surface area contributed by atoms with Gasteiger partial charge in [0.05, 0.1) is 31.3 Å². The normalized spacial score (nSPS) is 41.1. The van der Waals surface area contributed by atoms with Gasteiger partial charge in [0.25, 0.3) is 5.91 Å². The minimum atomic E-state index is -3.44. The smallest absolute Gasteiger partial charge is 0.260 e. The molecule has 7 nitrogen and oxygen atoms in total. The number of fused-ring (bicyclic) bond motifs is 5. The van der Waals surface area contributed by atoms with E-state index in [1.165, 1.54) is 6.42 Å². The van der Waals surface area contributed by atoms with Crippen LogP contribution in [0.15, 0.2) is 23.7 Å². The Morgan fingerprint density at radius 3 is 2.50 bits per heavy atom. The largest absolute Gasteiger partial charge is 0.501 e. The number of methoxy groups -OCH3 is 1. The molecule has 5 aliphatic rings. The molecule has 0 spiro atoms. The van der Waals surface area contributed by atoms with Gasteiger partial charge in [0, 0.05) is 25.1 Å². The summed E-state index contributed by atoms with van der Waals surface area (Å²) >= 11 is 0. The summed E-state index contributed by atoms with van der Waals surface area (Å²) in [6.07, 6.45) is 9.16. The van der Waals surface area contributed by atoms with Crippen LogP contribution in [0.2, 0.25) is 0 Å². The zero-order chi connectivity index (χ0) is 25.9. The molecular formula is C28H43NO6S. The third kappa shape index (κ3) is 4.11. The van der Waals surface area contributed by atoms with E-state index >= 15 is 0 Å². The fraction of sp³-hybridized carbons (Fsp3) is 0.821. The van der Waals surface area contributed by atoms with Gasteiger partial charge in [-0.25, -0.2) is 8.42 Å². The van der Waals surface area contributed by atoms with E-state index in [4.69, 9.17) is 14.2 Å². The summed E-state index contributed by atoms with van der Waals surface area (Å²) in [6, 6.07) is 0. The SMILES string of the molecule is COC1=CC(OCC(=O)N2CCOCC2)=CC2C1[C@]1(C)CC[C@H]3C(C)(C)CCC[C@]3(C)[C@H]1CS2(=O)=O. The first kappa shape index (κ1) is 26.1. The van der Waals surface area contributed by atoms with Crippen molar-refractivity contribution < 1.29 is 27.4 Å². The lowest BCUT2D eigenvalue weighted by atomic mass is 9.41. The van der Waals surface area contributed by atoms with Gasteiger partial charge >= 0.3 is 0 Å². The summed E-state index contributed by atoms with van der Waals surface area (Å²) in [5.41, 5.74) is 0.0498. The topological polar surface area (TPSA) is 82.1 Å². The number of amides is 1. The molecule has 4 fully saturated rings. The second-order valence-corrected chi connectivity index (χ2v) is 15.1. The lowest BCUT2D eigenvalue weighted by Crippen LogP contribution is -2.64. The zero-order valence-corrected chi connectivity index (χ0v) is 23.4. The van der Waals surface area contributed by atoms with Crippen molar-refractivity contribution in [1.29, 1.82) is 0 Å². The minimum absolute atomic E-state index is 0.00326. The molecule has 202 valence electrons. The molecule has 0 radical (unpaired) electrons. The van der Waals surface area contributed by atoms with E-state index in [1.807, 2.05) is 6.08 Å². The van der Waals surface area contributed by atoms with Gasteiger partial charge in [0.15, 0.2) is 16.4 Å². The van der Waals surface area contributed by atoms with E-state index in [-0.39, 0.29) is 46.3 Å². The fourth-order valence-electron chi connectivity index (χ4n) is 8.82. The van der Waals surface area contributed by atoms with Gasteiger partial charge in [-0.2, -0.15) is 0 Å². The lowest BCUT2D eigenvalue weighted by molar-refractivity contribution is -0.141. The second-order valence-electron chi connectivity index (χ2n) is 12.9. The number of carbonyl (C=O) groups is 1. The first-order valence-corrected chi connectivity index (χ1v) is 15.3. The summed E-state index contributed by atoms with van der Waals surface area (Å²) in [6.45, 7) is 11.5. The van der Waals surface area contributed by atoms with Crippen LogP contribution < -0.4 is 0 Å². The molecule has 1 amide bonds. The first-order chi connectivity index (χ1) is 16.9. The van der Waals surface area contributed by atoms with Crippen molar-refractivity contribution >= 4 is 15.7 Å². The van der Waals surface area contributed by atoms with Crippen molar-refractivity contribution in [1.82, 2.24) is 4.90 Å². The van der Waals surface area contributed by atoms with Crippen LogP contribution in [0, 0.1) is 34.0 Å². The molecule has 0 N–H and O–H groups in total. The Bertz CT molecular complexity index is 1060. The van der Waals surface area contributed by atoms with E-state index in [0.717, 1.165) is 25.7 Å². The van der Waals surface area contributed by atoms with E-state index in [1.54, 1.807) is 18.1 Å². The summed E-state index contributed by atoms with van der Waals surface area (Å²) in [7, 11) is -1.82. The Kier molecular flexibility index (Phi) is 6.55. The van der Waals surface area contributed by atoms with Crippen LogP contribution >= 0.6 is 0 Å². The highest BCUT2D eigenvalue weighted by Crippen LogP contribution is 2.69. The van der Waals surface area contributed by atoms with E-state index in [2.05, 4.69) is 27.7 Å². The maximum atomic E-state index is 13.9. The third-order valence-electron chi connectivity index (χ3n) is 10.6. The molecular weight excluding hydrogens is 478 g/mol. The highest BCUT2D eigenvalue weighted by Gasteiger charge is 2.66. The van der Waals surface area contributed by atoms with Crippen LogP contribution in [0.25, 0.3) is 0 Å². The Balaban J connectivity index is 1.44. The van der Waals surface area contributed by atoms with E-state index in [0.29, 0.717) is 43.7 Å². The Labute approximate surface area is 216 Å². The Morgan fingerprint density at radius 1 is 1.08 bits per heavy atom. The predicted octanol–water partition coefficient (Wildman–Crippen LogP) is 3.95. The number of hydrogen-bond donors (Lipinski definition) is 0. The molecule has 2 saturated carbocycles. The first-order valence-electron chi connectivity index (χ1n) is 13.6. The molecule has 8 heteroatoms. The number of allylic oxidation sites excluding steroid dienone is 2. The Morgan fingerprint density at radius 2 is 1.81 bits per heavy atom. The standard InChI is InChI=1S/C28H43NO6S/c1-26(2)8-6-9-27(3)22(26)7-10-28(4)23(27)18-36(31,32)21-16-19(15-20(33-5)25(21)28)35-17-24(30)29-11-13-34-14-12-29/h15-16,21-23,25H,6-14,17-18H2,1-5H3/t21?,22-,23+,25?,27-,28+/m0/s1. The van der Waals surface area contributed by atoms with Crippen LogP contribution in [0.1, 0.15) is 59.8 Å². The lowest BCUT2D eigenvalue weighted by Gasteiger charge is -2.66. The maximum Gasteiger partial charge on any atom is 0.260 e. The van der Waals surface area contributed by atoms with Crippen molar-refractivity contribution in [2.75, 3.05) is 45.8 Å². The summed E-state index contributed by atoms with van der Waals surface area (Å²) in [5.74, 6) is 1.56. The van der Waals surface area contributed by atoms with Crippen LogP contribution in [0.5, 0.6) is 0 Å². The van der Waals surface area contributed by atoms with Crippen molar-refractivity contribution in [3.63, 3.8) is 0 Å². The van der Waals surface area contributed by atoms with Crippen LogP contribution in [-0.2, 0) is 28.8 Å². The predicted molar refractivity (Wildman–Crippen MR) is 138 cm³/mol. The van der Waals surface area contributed by atoms with Crippen molar-refractivity contribution in [2.24, 2.45) is 34.0 Å². The average molecular weight is 522 g/mol. The van der Waals surface area contributed by atoms with Crippen molar-refractivity contribution in [3.8, 4) is 0 Å². The van der Waals surface area contributed by atoms with Gasteiger partial charge in [-0.05, 0) is 59.8 Å². The molecule has 5 rings (SSSR count). The number of carbonyl (C=O) groups excluding carboxylic acids is 1. The van der Waals surface area contributed by atoms with Gasteiger partial charge in [-0.1, -0.05) is 34.1 Å². The molecule has 0 aromatic rings. The molecule has 2 aliphatic heterocycles. The molecule has 2 saturated heterocycles. The monoisotopic (exact) mass is 521 g/mol. The maximum absolute atomic E-state index is 13.9. The fourth-order valence-corrected chi connectivity index (χ4v) is 11.5. The van der Waals surface area contributed by atoms with Crippen LogP contribution in [-0.4, -0.2) is 70.2 Å². The molecule has 6 atom stereocenters. The quantitative estimate of drug-likeness (QED) is 0.557. The van der Waals surface area contributed by atoms with Gasteiger partial charge in [-0.3, -0.25) is 4.79 Å². The van der Waals surface area contributed by atoms with Crippen LogP contribution in [0.4, 0.5) is 0 Å². The van der Waals surface area contributed by atoms with Gasteiger partial charge in [0.1, 0.15) is 11.5 Å².